The van der Waals surface area contributed by atoms with Crippen LogP contribution in [0.25, 0.3) is 0 Å². The summed E-state index contributed by atoms with van der Waals surface area (Å²) < 4.78 is 10.9. The molecule has 1 aliphatic rings. The minimum atomic E-state index is -0.370. The maximum atomic E-state index is 13.3. The Bertz CT molecular complexity index is 1270. The normalized spacial score (nSPS) is 13.1. The molecule has 3 N–H and O–H groups in total. The van der Waals surface area contributed by atoms with Crippen LogP contribution in [0.2, 0.25) is 0 Å². The summed E-state index contributed by atoms with van der Waals surface area (Å²) in [5, 5.41) is 8.71. The smallest absolute Gasteiger partial charge is 0.323 e. The minimum Gasteiger partial charge on any atom is -0.495 e. The molecule has 1 aliphatic heterocycles. The molecular weight excluding hydrogens is 506 g/mol. The number of methoxy groups -OCH3 is 1. The van der Waals surface area contributed by atoms with Crippen molar-refractivity contribution in [3.8, 4) is 5.75 Å². The molecule has 1 fully saturated rings. The van der Waals surface area contributed by atoms with E-state index < -0.39 is 0 Å². The van der Waals surface area contributed by atoms with Crippen LogP contribution in [-0.4, -0.2) is 65.0 Å². The molecule has 1 heterocycles. The third kappa shape index (κ3) is 7.66. The average Bonchev–Trinajstić information content (AvgIpc) is 2.98. The van der Waals surface area contributed by atoms with Crippen molar-refractivity contribution >= 4 is 34.7 Å². The van der Waals surface area contributed by atoms with Crippen LogP contribution < -0.4 is 30.5 Å². The molecule has 0 atom stereocenters. The van der Waals surface area contributed by atoms with E-state index in [2.05, 4.69) is 31.8 Å². The van der Waals surface area contributed by atoms with E-state index in [-0.39, 0.29) is 11.9 Å². The highest BCUT2D eigenvalue weighted by Crippen LogP contribution is 2.31. The van der Waals surface area contributed by atoms with Crippen molar-refractivity contribution in [2.45, 2.75) is 20.3 Å². The molecule has 3 amide bonds. The number of nitrogens with one attached hydrogen (secondary N) is 3. The summed E-state index contributed by atoms with van der Waals surface area (Å²) in [5.41, 5.74) is 4.78. The van der Waals surface area contributed by atoms with Gasteiger partial charge in [-0.15, -0.1) is 0 Å². The molecule has 40 heavy (non-hydrogen) atoms. The van der Waals surface area contributed by atoms with Gasteiger partial charge in [-0.05, 0) is 62.7 Å². The second-order valence-corrected chi connectivity index (χ2v) is 9.63. The zero-order chi connectivity index (χ0) is 28.3. The summed E-state index contributed by atoms with van der Waals surface area (Å²) in [6.07, 6.45) is 0.726. The highest BCUT2D eigenvalue weighted by atomic mass is 16.5. The van der Waals surface area contributed by atoms with Crippen molar-refractivity contribution in [3.05, 3.63) is 77.9 Å². The summed E-state index contributed by atoms with van der Waals surface area (Å²) in [6.45, 7) is 8.74. The summed E-state index contributed by atoms with van der Waals surface area (Å²) in [5.74, 6) is 0.670. The quantitative estimate of drug-likeness (QED) is 0.289. The van der Waals surface area contributed by atoms with Crippen LogP contribution in [0.15, 0.2) is 66.7 Å². The van der Waals surface area contributed by atoms with Gasteiger partial charge in [0.1, 0.15) is 5.75 Å². The molecule has 0 bridgehead atoms. The molecular formula is C31H39N5O4. The standard InChI is InChI=1S/C31H39N5O4/c1-4-40-21-7-16-32-30(37)26-22-25(34-31(38)33-24-12-10-23(2)11-13-24)14-15-27(26)35-17-19-36(20-18-35)28-8-5-6-9-29(28)39-3/h5-6,8-15,22H,4,7,16-21H2,1-3H3,(H,32,37)(H2,33,34,38). The number of hydrogen-bond donors (Lipinski definition) is 3. The minimum absolute atomic E-state index is 0.179. The van der Waals surface area contributed by atoms with Gasteiger partial charge in [-0.25, -0.2) is 4.79 Å². The van der Waals surface area contributed by atoms with Crippen LogP contribution in [0.4, 0.5) is 27.5 Å². The lowest BCUT2D eigenvalue weighted by Gasteiger charge is -2.38. The molecule has 0 aromatic heterocycles. The van der Waals surface area contributed by atoms with Crippen molar-refractivity contribution in [1.29, 1.82) is 0 Å². The first kappa shape index (κ1) is 28.8. The van der Waals surface area contributed by atoms with Crippen LogP contribution in [-0.2, 0) is 4.74 Å². The molecule has 9 nitrogen and oxygen atoms in total. The highest BCUT2D eigenvalue weighted by molar-refractivity contribution is 6.04. The molecule has 4 rings (SSSR count). The number of nitrogens with zero attached hydrogens (tertiary/aromatic N) is 2. The van der Waals surface area contributed by atoms with Gasteiger partial charge in [0.15, 0.2) is 0 Å². The van der Waals surface area contributed by atoms with E-state index in [9.17, 15) is 9.59 Å². The molecule has 3 aromatic rings. The third-order valence-corrected chi connectivity index (χ3v) is 6.81. The van der Waals surface area contributed by atoms with Gasteiger partial charge in [0, 0.05) is 63.0 Å². The van der Waals surface area contributed by atoms with E-state index in [0.717, 1.165) is 55.3 Å². The number of aryl methyl sites for hydroxylation is 1. The maximum Gasteiger partial charge on any atom is 0.323 e. The van der Waals surface area contributed by atoms with E-state index in [1.807, 2.05) is 68.4 Å². The van der Waals surface area contributed by atoms with E-state index in [4.69, 9.17) is 9.47 Å². The SMILES string of the molecule is CCOCCCNC(=O)c1cc(NC(=O)Nc2ccc(C)cc2)ccc1N1CCN(c2ccccc2OC)CC1. The average molecular weight is 546 g/mol. The van der Waals surface area contributed by atoms with E-state index in [0.29, 0.717) is 36.7 Å². The number of amides is 3. The second-order valence-electron chi connectivity index (χ2n) is 9.63. The van der Waals surface area contributed by atoms with E-state index >= 15 is 0 Å². The number of benzene rings is 3. The zero-order valence-corrected chi connectivity index (χ0v) is 23.5. The first-order valence-corrected chi connectivity index (χ1v) is 13.8. The number of rotatable bonds is 11. The number of carbonyl (C=O) groups is 2. The predicted octanol–water partition coefficient (Wildman–Crippen LogP) is 5.13. The van der Waals surface area contributed by atoms with Gasteiger partial charge in [-0.2, -0.15) is 0 Å². The van der Waals surface area contributed by atoms with Gasteiger partial charge in [-0.1, -0.05) is 29.8 Å². The van der Waals surface area contributed by atoms with Crippen molar-refractivity contribution in [2.24, 2.45) is 0 Å². The van der Waals surface area contributed by atoms with Crippen LogP contribution in [0.3, 0.4) is 0 Å². The molecule has 1 saturated heterocycles. The Balaban J connectivity index is 1.48. The number of carbonyl (C=O) groups excluding carboxylic acids is 2. The number of urea groups is 1. The molecule has 0 saturated carbocycles. The Morgan fingerprint density at radius 2 is 1.50 bits per heavy atom. The lowest BCUT2D eigenvalue weighted by atomic mass is 10.1. The van der Waals surface area contributed by atoms with Gasteiger partial charge < -0.3 is 35.2 Å². The molecule has 0 aliphatic carbocycles. The zero-order valence-electron chi connectivity index (χ0n) is 23.5. The summed E-state index contributed by atoms with van der Waals surface area (Å²) in [7, 11) is 1.69. The number of anilines is 4. The van der Waals surface area contributed by atoms with Crippen molar-refractivity contribution < 1.29 is 19.1 Å². The molecule has 3 aromatic carbocycles. The van der Waals surface area contributed by atoms with Crippen molar-refractivity contribution in [1.82, 2.24) is 5.32 Å². The van der Waals surface area contributed by atoms with E-state index in [1.165, 1.54) is 0 Å². The van der Waals surface area contributed by atoms with Crippen molar-refractivity contribution in [2.75, 3.05) is 73.5 Å². The first-order valence-electron chi connectivity index (χ1n) is 13.8. The number of ether oxygens (including phenoxy) is 2. The molecule has 0 spiro atoms. The maximum absolute atomic E-state index is 13.3. The van der Waals surface area contributed by atoms with Gasteiger partial charge >= 0.3 is 6.03 Å². The lowest BCUT2D eigenvalue weighted by molar-refractivity contribution is 0.0944. The van der Waals surface area contributed by atoms with Gasteiger partial charge in [0.2, 0.25) is 0 Å². The topological polar surface area (TPSA) is 95.2 Å². The number of piperazine rings is 1. The van der Waals surface area contributed by atoms with Crippen LogP contribution >= 0.6 is 0 Å². The number of hydrogen-bond acceptors (Lipinski definition) is 6. The van der Waals surface area contributed by atoms with Crippen molar-refractivity contribution in [3.63, 3.8) is 0 Å². The summed E-state index contributed by atoms with van der Waals surface area (Å²) >= 11 is 0. The Morgan fingerprint density at radius 1 is 0.850 bits per heavy atom. The molecule has 0 radical (unpaired) electrons. The fourth-order valence-electron chi connectivity index (χ4n) is 4.70. The Labute approximate surface area is 236 Å². The van der Waals surface area contributed by atoms with E-state index in [1.54, 1.807) is 13.2 Å². The Kier molecular flexibility index (Phi) is 10.2. The lowest BCUT2D eigenvalue weighted by Crippen LogP contribution is -2.47. The summed E-state index contributed by atoms with van der Waals surface area (Å²) in [4.78, 5) is 30.5. The largest absolute Gasteiger partial charge is 0.495 e. The Hall–Kier alpha value is -4.24. The second kappa shape index (κ2) is 14.2. The van der Waals surface area contributed by atoms with Gasteiger partial charge in [0.05, 0.1) is 18.4 Å². The fraction of sp³-hybridized carbons (Fsp3) is 0.355. The van der Waals surface area contributed by atoms with Crippen LogP contribution in [0.1, 0.15) is 29.3 Å². The van der Waals surface area contributed by atoms with Gasteiger partial charge in [0.25, 0.3) is 5.91 Å². The predicted molar refractivity (Wildman–Crippen MR) is 161 cm³/mol. The monoisotopic (exact) mass is 545 g/mol. The molecule has 212 valence electrons. The molecule has 9 heteroatoms. The number of para-hydroxylation sites is 2. The molecule has 0 unspecified atom stereocenters. The first-order chi connectivity index (χ1) is 19.5. The van der Waals surface area contributed by atoms with Crippen LogP contribution in [0, 0.1) is 6.92 Å². The fourth-order valence-corrected chi connectivity index (χ4v) is 4.70. The van der Waals surface area contributed by atoms with Gasteiger partial charge in [-0.3, -0.25) is 4.79 Å². The Morgan fingerprint density at radius 3 is 2.20 bits per heavy atom. The summed E-state index contributed by atoms with van der Waals surface area (Å²) in [6, 6.07) is 20.7. The van der Waals surface area contributed by atoms with Crippen LogP contribution in [0.5, 0.6) is 5.75 Å². The third-order valence-electron chi connectivity index (χ3n) is 6.81. The highest BCUT2D eigenvalue weighted by Gasteiger charge is 2.24.